The summed E-state index contributed by atoms with van der Waals surface area (Å²) in [6, 6.07) is 9.81. The molecule has 0 bridgehead atoms. The fraction of sp³-hybridized carbons (Fsp3) is 0.400. The Morgan fingerprint density at radius 2 is 1.97 bits per heavy atom. The molecule has 9 nitrogen and oxygen atoms in total. The summed E-state index contributed by atoms with van der Waals surface area (Å²) in [6.45, 7) is 0. The zero-order valence-corrected chi connectivity index (χ0v) is 19.7. The first-order valence-corrected chi connectivity index (χ1v) is 11.6. The summed E-state index contributed by atoms with van der Waals surface area (Å²) in [6.07, 6.45) is 8.68. The van der Waals surface area contributed by atoms with Gasteiger partial charge in [-0.25, -0.2) is 4.98 Å². The molecule has 0 spiro atoms. The number of aliphatic hydroxyl groups is 1. The number of fused-ring (bicyclic) bond motifs is 1. The quantitative estimate of drug-likeness (QED) is 0.399. The molecule has 34 heavy (non-hydrogen) atoms. The fourth-order valence-electron chi connectivity index (χ4n) is 4.68. The van der Waals surface area contributed by atoms with Crippen molar-refractivity contribution in [3.63, 3.8) is 0 Å². The van der Waals surface area contributed by atoms with Crippen LogP contribution in [-0.2, 0) is 11.8 Å². The predicted octanol–water partition coefficient (Wildman–Crippen LogP) is 4.07. The number of nitrogens with one attached hydrogen (secondary N) is 1. The first kappa shape index (κ1) is 22.4. The van der Waals surface area contributed by atoms with Gasteiger partial charge in [0.2, 0.25) is 0 Å². The lowest BCUT2D eigenvalue weighted by Crippen LogP contribution is -2.26. The van der Waals surface area contributed by atoms with Crippen LogP contribution in [0, 0.1) is 0 Å². The highest BCUT2D eigenvalue weighted by molar-refractivity contribution is 5.93. The van der Waals surface area contributed by atoms with Gasteiger partial charge < -0.3 is 19.9 Å². The number of aryl methyl sites for hydroxylation is 1. The Morgan fingerprint density at radius 1 is 1.15 bits per heavy atom. The molecule has 1 fully saturated rings. The number of aromatic nitrogens is 5. The average Bonchev–Trinajstić information content (AvgIpc) is 3.47. The van der Waals surface area contributed by atoms with E-state index in [-0.39, 0.29) is 12.1 Å². The van der Waals surface area contributed by atoms with Gasteiger partial charge in [-0.1, -0.05) is 12.1 Å². The van der Waals surface area contributed by atoms with Gasteiger partial charge in [-0.15, -0.1) is 0 Å². The summed E-state index contributed by atoms with van der Waals surface area (Å²) in [5.41, 5.74) is 3.66. The second kappa shape index (κ2) is 9.44. The normalized spacial score (nSPS) is 19.3. The van der Waals surface area contributed by atoms with E-state index in [1.54, 1.807) is 4.68 Å². The summed E-state index contributed by atoms with van der Waals surface area (Å²) in [5.74, 6) is 1.58. The highest BCUT2D eigenvalue weighted by Gasteiger charge is 2.27. The number of anilines is 1. The Hall–Kier alpha value is -3.43. The number of benzene rings is 1. The van der Waals surface area contributed by atoms with Crippen LogP contribution < -0.4 is 10.1 Å². The summed E-state index contributed by atoms with van der Waals surface area (Å²) in [7, 11) is 5.26. The smallest absolute Gasteiger partial charge is 0.180 e. The van der Waals surface area contributed by atoms with Crippen molar-refractivity contribution in [3.05, 3.63) is 54.5 Å². The molecule has 0 saturated heterocycles. The van der Waals surface area contributed by atoms with E-state index < -0.39 is 6.29 Å². The minimum absolute atomic E-state index is 0.125. The van der Waals surface area contributed by atoms with Gasteiger partial charge in [-0.2, -0.15) is 10.2 Å². The molecule has 178 valence electrons. The maximum Gasteiger partial charge on any atom is 0.180 e. The van der Waals surface area contributed by atoms with Crippen LogP contribution in [0.1, 0.15) is 43.6 Å². The Morgan fingerprint density at radius 3 is 2.68 bits per heavy atom. The molecule has 5 rings (SSSR count). The van der Waals surface area contributed by atoms with Crippen molar-refractivity contribution in [2.24, 2.45) is 7.05 Å². The third kappa shape index (κ3) is 4.36. The molecule has 1 atom stereocenters. The molecule has 0 amide bonds. The van der Waals surface area contributed by atoms with Gasteiger partial charge in [0.1, 0.15) is 17.3 Å². The Bertz CT molecular complexity index is 1270. The highest BCUT2D eigenvalue weighted by atomic mass is 16.6. The number of methoxy groups -OCH3 is 1. The van der Waals surface area contributed by atoms with Crippen LogP contribution in [0.5, 0.6) is 5.75 Å². The topological polar surface area (TPSA) is 99.3 Å². The minimum atomic E-state index is -0.946. The first-order valence-electron chi connectivity index (χ1n) is 11.6. The van der Waals surface area contributed by atoms with Crippen molar-refractivity contribution >= 4 is 16.7 Å². The Balaban J connectivity index is 1.35. The number of pyridine rings is 1. The standard InChI is InChI=1S/C25H30N6O3/c1-26-23-12-22-21(14-27-23)24(17-13-28-30(2)15-17)29-31(22)18-7-9-19(10-8-18)34-20-6-4-5-16(11-20)25(32)33-3/h4-6,11-15,18-19,25,32H,7-10H2,1-3H3,(H,26,27). The fourth-order valence-corrected chi connectivity index (χ4v) is 4.68. The van der Waals surface area contributed by atoms with Crippen LogP contribution in [0.15, 0.2) is 48.9 Å². The van der Waals surface area contributed by atoms with Crippen molar-refractivity contribution in [1.29, 1.82) is 0 Å². The van der Waals surface area contributed by atoms with Crippen LogP contribution in [0.4, 0.5) is 5.82 Å². The third-order valence-electron chi connectivity index (χ3n) is 6.49. The van der Waals surface area contributed by atoms with Crippen LogP contribution in [-0.4, -0.2) is 49.9 Å². The lowest BCUT2D eigenvalue weighted by molar-refractivity contribution is -0.0771. The Kier molecular flexibility index (Phi) is 6.21. The van der Waals surface area contributed by atoms with Gasteiger partial charge in [-0.05, 0) is 37.8 Å². The van der Waals surface area contributed by atoms with E-state index in [0.717, 1.165) is 59.4 Å². The zero-order chi connectivity index (χ0) is 23.7. The molecular weight excluding hydrogens is 432 g/mol. The molecule has 0 radical (unpaired) electrons. The molecule has 3 aromatic heterocycles. The maximum absolute atomic E-state index is 9.93. The summed E-state index contributed by atoms with van der Waals surface area (Å²) in [4.78, 5) is 4.52. The summed E-state index contributed by atoms with van der Waals surface area (Å²) in [5, 5.41) is 23.4. The predicted molar refractivity (Wildman–Crippen MR) is 130 cm³/mol. The van der Waals surface area contributed by atoms with Crippen molar-refractivity contribution < 1.29 is 14.6 Å². The molecule has 0 aliphatic heterocycles. The van der Waals surface area contributed by atoms with Crippen LogP contribution >= 0.6 is 0 Å². The maximum atomic E-state index is 9.93. The van der Waals surface area contributed by atoms with E-state index in [1.807, 2.05) is 57.0 Å². The van der Waals surface area contributed by atoms with Gasteiger partial charge in [0.25, 0.3) is 0 Å². The number of rotatable bonds is 7. The largest absolute Gasteiger partial charge is 0.490 e. The average molecular weight is 463 g/mol. The van der Waals surface area contributed by atoms with Crippen molar-refractivity contribution in [3.8, 4) is 17.0 Å². The van der Waals surface area contributed by atoms with Gasteiger partial charge in [0.15, 0.2) is 6.29 Å². The van der Waals surface area contributed by atoms with Crippen LogP contribution in [0.2, 0.25) is 0 Å². The van der Waals surface area contributed by atoms with Gasteiger partial charge in [0, 0.05) is 56.2 Å². The number of aliphatic hydroxyl groups excluding tert-OH is 1. The van der Waals surface area contributed by atoms with Crippen molar-refractivity contribution in [2.75, 3.05) is 19.5 Å². The molecule has 1 saturated carbocycles. The molecule has 3 heterocycles. The highest BCUT2D eigenvalue weighted by Crippen LogP contribution is 2.36. The molecule has 1 unspecified atom stereocenters. The first-order chi connectivity index (χ1) is 16.6. The van der Waals surface area contributed by atoms with Gasteiger partial charge in [0.05, 0.1) is 23.9 Å². The lowest BCUT2D eigenvalue weighted by atomic mass is 9.93. The molecule has 1 aliphatic carbocycles. The number of hydrogen-bond acceptors (Lipinski definition) is 7. The SMILES string of the molecule is CNc1cc2c(cn1)c(-c1cnn(C)c1)nn2C1CCC(Oc2cccc(C(O)OC)c2)CC1. The lowest BCUT2D eigenvalue weighted by Gasteiger charge is -2.29. The van der Waals surface area contributed by atoms with Gasteiger partial charge in [-0.3, -0.25) is 9.36 Å². The summed E-state index contributed by atoms with van der Waals surface area (Å²) < 4.78 is 15.2. The van der Waals surface area contributed by atoms with E-state index in [4.69, 9.17) is 14.6 Å². The molecular formula is C25H30N6O3. The molecule has 1 aromatic carbocycles. The summed E-state index contributed by atoms with van der Waals surface area (Å²) >= 11 is 0. The molecule has 1 aliphatic rings. The monoisotopic (exact) mass is 462 g/mol. The van der Waals surface area contributed by atoms with E-state index in [9.17, 15) is 5.11 Å². The number of hydrogen-bond donors (Lipinski definition) is 2. The van der Waals surface area contributed by atoms with Gasteiger partial charge >= 0.3 is 0 Å². The zero-order valence-electron chi connectivity index (χ0n) is 19.7. The molecule has 2 N–H and O–H groups in total. The van der Waals surface area contributed by atoms with E-state index in [0.29, 0.717) is 5.56 Å². The van der Waals surface area contributed by atoms with E-state index in [1.165, 1.54) is 7.11 Å². The number of ether oxygens (including phenoxy) is 2. The molecule has 9 heteroatoms. The van der Waals surface area contributed by atoms with Crippen molar-refractivity contribution in [2.45, 2.75) is 44.1 Å². The second-order valence-electron chi connectivity index (χ2n) is 8.74. The minimum Gasteiger partial charge on any atom is -0.490 e. The van der Waals surface area contributed by atoms with Crippen LogP contribution in [0.25, 0.3) is 22.2 Å². The third-order valence-corrected chi connectivity index (χ3v) is 6.49. The van der Waals surface area contributed by atoms with Crippen LogP contribution in [0.3, 0.4) is 0 Å². The van der Waals surface area contributed by atoms with E-state index in [2.05, 4.69) is 26.1 Å². The number of nitrogens with zero attached hydrogens (tertiary/aromatic N) is 5. The Labute approximate surface area is 198 Å². The van der Waals surface area contributed by atoms with Crippen molar-refractivity contribution in [1.82, 2.24) is 24.5 Å². The second-order valence-corrected chi connectivity index (χ2v) is 8.74. The van der Waals surface area contributed by atoms with E-state index >= 15 is 0 Å². The molecule has 4 aromatic rings.